The summed E-state index contributed by atoms with van der Waals surface area (Å²) in [5, 5.41) is 2.15. The molecule has 1 aromatic carbocycles. The van der Waals surface area contributed by atoms with Gasteiger partial charge < -0.3 is 13.9 Å². The molecule has 2 aliphatic rings. The quantitative estimate of drug-likeness (QED) is 0.427. The van der Waals surface area contributed by atoms with Gasteiger partial charge in [-0.25, -0.2) is 9.69 Å². The molecule has 8 nitrogen and oxygen atoms in total. The SMILES string of the molecule is O=C1NC(=O)N(c2ccc3c(c2)OCO3)C(=O)C1=Cc1ccc(I)o1. The molecule has 1 aromatic heterocycles. The monoisotopic (exact) mass is 452 g/mol. The maximum absolute atomic E-state index is 12.7. The first-order valence-corrected chi connectivity index (χ1v) is 8.17. The van der Waals surface area contributed by atoms with Crippen molar-refractivity contribution >= 4 is 52.2 Å². The normalized spacial score (nSPS) is 18.0. The number of furan rings is 1. The van der Waals surface area contributed by atoms with Crippen LogP contribution in [-0.2, 0) is 9.59 Å². The van der Waals surface area contributed by atoms with Gasteiger partial charge in [0.1, 0.15) is 11.3 Å². The summed E-state index contributed by atoms with van der Waals surface area (Å²) < 4.78 is 16.4. The van der Waals surface area contributed by atoms with Crippen LogP contribution in [0.25, 0.3) is 6.08 Å². The van der Waals surface area contributed by atoms with E-state index in [1.807, 2.05) is 22.6 Å². The van der Waals surface area contributed by atoms with Crippen LogP contribution in [0.3, 0.4) is 0 Å². The Hall–Kier alpha value is -2.82. The number of amides is 4. The van der Waals surface area contributed by atoms with E-state index < -0.39 is 17.8 Å². The molecule has 2 aliphatic heterocycles. The maximum atomic E-state index is 12.7. The summed E-state index contributed by atoms with van der Waals surface area (Å²) >= 11 is 1.97. The fourth-order valence-corrected chi connectivity index (χ4v) is 2.90. The highest BCUT2D eigenvalue weighted by molar-refractivity contribution is 14.1. The standard InChI is InChI=1S/C16H9IN2O6/c17-13-4-2-9(25-13)6-10-14(20)18-16(22)19(15(10)21)8-1-3-11-12(5-8)24-7-23-11/h1-6H,7H2,(H,18,20,22). The summed E-state index contributed by atoms with van der Waals surface area (Å²) in [6, 6.07) is 7.11. The average Bonchev–Trinajstić information content (AvgIpc) is 3.19. The molecule has 4 amide bonds. The van der Waals surface area contributed by atoms with E-state index in [4.69, 9.17) is 13.9 Å². The van der Waals surface area contributed by atoms with Crippen LogP contribution < -0.4 is 19.7 Å². The van der Waals surface area contributed by atoms with Gasteiger partial charge in [-0.3, -0.25) is 14.9 Å². The first-order chi connectivity index (χ1) is 12.0. The third-order valence-electron chi connectivity index (χ3n) is 3.60. The number of urea groups is 1. The van der Waals surface area contributed by atoms with Gasteiger partial charge in [0.25, 0.3) is 11.8 Å². The molecule has 0 saturated carbocycles. The highest BCUT2D eigenvalue weighted by Crippen LogP contribution is 2.36. The second-order valence-electron chi connectivity index (χ2n) is 5.14. The fraction of sp³-hybridized carbons (Fsp3) is 0.0625. The number of ether oxygens (including phenoxy) is 2. The molecule has 0 radical (unpaired) electrons. The lowest BCUT2D eigenvalue weighted by Crippen LogP contribution is -2.54. The van der Waals surface area contributed by atoms with Crippen molar-refractivity contribution in [1.82, 2.24) is 5.32 Å². The molecular weight excluding hydrogens is 443 g/mol. The molecule has 0 bridgehead atoms. The number of hydrogen-bond acceptors (Lipinski definition) is 6. The third kappa shape index (κ3) is 2.76. The zero-order valence-corrected chi connectivity index (χ0v) is 14.6. The van der Waals surface area contributed by atoms with Crippen LogP contribution in [0.5, 0.6) is 11.5 Å². The van der Waals surface area contributed by atoms with Crippen LogP contribution in [0.4, 0.5) is 10.5 Å². The van der Waals surface area contributed by atoms with E-state index in [9.17, 15) is 14.4 Å². The Morgan fingerprint density at radius 3 is 2.64 bits per heavy atom. The van der Waals surface area contributed by atoms with Gasteiger partial charge in [0.05, 0.1) is 5.69 Å². The van der Waals surface area contributed by atoms with Crippen LogP contribution in [0, 0.1) is 3.77 Å². The Balaban J connectivity index is 1.72. The lowest BCUT2D eigenvalue weighted by molar-refractivity contribution is -0.122. The van der Waals surface area contributed by atoms with Crippen molar-refractivity contribution in [2.45, 2.75) is 0 Å². The number of benzene rings is 1. The molecule has 3 heterocycles. The van der Waals surface area contributed by atoms with Crippen molar-refractivity contribution < 1.29 is 28.3 Å². The van der Waals surface area contributed by atoms with E-state index >= 15 is 0 Å². The Morgan fingerprint density at radius 1 is 1.08 bits per heavy atom. The first kappa shape index (κ1) is 15.7. The molecular formula is C16H9IN2O6. The lowest BCUT2D eigenvalue weighted by atomic mass is 10.1. The van der Waals surface area contributed by atoms with Crippen LogP contribution in [0.1, 0.15) is 5.76 Å². The number of carbonyl (C=O) groups is 3. The zero-order chi connectivity index (χ0) is 17.6. The number of nitrogens with one attached hydrogen (secondary N) is 1. The van der Waals surface area contributed by atoms with Crippen LogP contribution in [-0.4, -0.2) is 24.6 Å². The maximum Gasteiger partial charge on any atom is 0.335 e. The Labute approximate surface area is 154 Å². The van der Waals surface area contributed by atoms with Gasteiger partial charge in [-0.15, -0.1) is 0 Å². The molecule has 1 fully saturated rings. The van der Waals surface area contributed by atoms with E-state index in [1.165, 1.54) is 18.2 Å². The summed E-state index contributed by atoms with van der Waals surface area (Å²) in [4.78, 5) is 37.8. The number of carbonyl (C=O) groups excluding carboxylic acids is 3. The van der Waals surface area contributed by atoms with Crippen LogP contribution in [0.2, 0.25) is 0 Å². The topological polar surface area (TPSA) is 98.1 Å². The van der Waals surface area contributed by atoms with Gasteiger partial charge in [0.15, 0.2) is 15.3 Å². The van der Waals surface area contributed by atoms with Crippen LogP contribution in [0.15, 0.2) is 40.3 Å². The summed E-state index contributed by atoms with van der Waals surface area (Å²) in [7, 11) is 0. The van der Waals surface area contributed by atoms with E-state index in [1.54, 1.807) is 18.2 Å². The number of halogens is 1. The third-order valence-corrected chi connectivity index (χ3v) is 4.18. The first-order valence-electron chi connectivity index (χ1n) is 7.09. The molecule has 0 spiro atoms. The number of fused-ring (bicyclic) bond motifs is 1. The fourth-order valence-electron chi connectivity index (χ4n) is 2.46. The van der Waals surface area contributed by atoms with E-state index in [-0.39, 0.29) is 18.1 Å². The number of anilines is 1. The predicted molar refractivity (Wildman–Crippen MR) is 93.0 cm³/mol. The zero-order valence-electron chi connectivity index (χ0n) is 12.4. The van der Waals surface area contributed by atoms with Gasteiger partial charge in [-0.2, -0.15) is 0 Å². The minimum atomic E-state index is -0.833. The highest BCUT2D eigenvalue weighted by atomic mass is 127. The molecule has 0 unspecified atom stereocenters. The smallest absolute Gasteiger partial charge is 0.335 e. The van der Waals surface area contributed by atoms with Crippen molar-refractivity contribution in [2.24, 2.45) is 0 Å². The van der Waals surface area contributed by atoms with Crippen molar-refractivity contribution in [1.29, 1.82) is 0 Å². The van der Waals surface area contributed by atoms with E-state index in [0.717, 1.165) is 4.90 Å². The molecule has 1 N–H and O–H groups in total. The summed E-state index contributed by atoms with van der Waals surface area (Å²) in [6.07, 6.45) is 1.30. The Kier molecular flexibility index (Phi) is 3.71. The molecule has 0 aliphatic carbocycles. The Morgan fingerprint density at radius 2 is 1.88 bits per heavy atom. The number of hydrogen-bond donors (Lipinski definition) is 1. The Bertz CT molecular complexity index is 948. The summed E-state index contributed by atoms with van der Waals surface area (Å²) in [6.45, 7) is 0.0691. The molecule has 25 heavy (non-hydrogen) atoms. The second kappa shape index (κ2) is 5.92. The molecule has 1 saturated heterocycles. The largest absolute Gasteiger partial charge is 0.454 e. The van der Waals surface area contributed by atoms with E-state index in [2.05, 4.69) is 5.32 Å². The van der Waals surface area contributed by atoms with Crippen molar-refractivity contribution in [3.63, 3.8) is 0 Å². The molecule has 9 heteroatoms. The molecule has 4 rings (SSSR count). The average molecular weight is 452 g/mol. The van der Waals surface area contributed by atoms with Gasteiger partial charge in [-0.05, 0) is 52.9 Å². The number of nitrogens with zero attached hydrogens (tertiary/aromatic N) is 1. The summed E-state index contributed by atoms with van der Waals surface area (Å²) in [5.41, 5.74) is 0.0576. The number of imide groups is 2. The lowest BCUT2D eigenvalue weighted by Gasteiger charge is -2.26. The second-order valence-corrected chi connectivity index (χ2v) is 6.20. The minimum Gasteiger partial charge on any atom is -0.454 e. The van der Waals surface area contributed by atoms with Gasteiger partial charge in [0, 0.05) is 6.07 Å². The van der Waals surface area contributed by atoms with Crippen molar-refractivity contribution in [3.8, 4) is 11.5 Å². The van der Waals surface area contributed by atoms with Crippen molar-refractivity contribution in [2.75, 3.05) is 11.7 Å². The van der Waals surface area contributed by atoms with Gasteiger partial charge in [0.2, 0.25) is 6.79 Å². The number of rotatable bonds is 2. The van der Waals surface area contributed by atoms with Crippen molar-refractivity contribution in [3.05, 3.63) is 45.4 Å². The molecule has 2 aromatic rings. The molecule has 126 valence electrons. The van der Waals surface area contributed by atoms with E-state index in [0.29, 0.717) is 21.0 Å². The van der Waals surface area contributed by atoms with Gasteiger partial charge in [-0.1, -0.05) is 0 Å². The molecule has 0 atom stereocenters. The predicted octanol–water partition coefficient (Wildman–Crippen LogP) is 2.28. The van der Waals surface area contributed by atoms with Crippen LogP contribution >= 0.6 is 22.6 Å². The highest BCUT2D eigenvalue weighted by Gasteiger charge is 2.37. The summed E-state index contributed by atoms with van der Waals surface area (Å²) in [5.74, 6) is -0.257. The number of barbiturate groups is 1. The van der Waals surface area contributed by atoms with Gasteiger partial charge >= 0.3 is 6.03 Å². The minimum absolute atomic E-state index is 0.0691.